The van der Waals surface area contributed by atoms with E-state index in [1.165, 1.54) is 39.2 Å². The summed E-state index contributed by atoms with van der Waals surface area (Å²) < 4.78 is 3.86. The quantitative estimate of drug-likeness (QED) is 0.570. The smallest absolute Gasteiger partial charge is 0.292 e. The molecule has 1 saturated carbocycles. The predicted octanol–water partition coefficient (Wildman–Crippen LogP) is 2.15. The lowest BCUT2D eigenvalue weighted by Crippen LogP contribution is -2.26. The molecule has 0 bridgehead atoms. The van der Waals surface area contributed by atoms with Crippen molar-refractivity contribution in [2.24, 2.45) is 5.92 Å². The molecule has 3 nitrogen and oxygen atoms in total. The van der Waals surface area contributed by atoms with Crippen LogP contribution >= 0.6 is 12.2 Å². The van der Waals surface area contributed by atoms with Crippen molar-refractivity contribution in [3.8, 4) is 0 Å². The molecule has 1 rings (SSSR count). The second-order valence-electron chi connectivity index (χ2n) is 3.28. The largest absolute Gasteiger partial charge is 0.471 e. The molecule has 0 aliphatic heterocycles. The Morgan fingerprint density at radius 1 is 1.50 bits per heavy atom. The molecule has 84 valence electrons. The maximum absolute atomic E-state index is 8.95. The average Bonchev–Trinajstić information content (AvgIpc) is 2.29. The Balaban J connectivity index is 0. The van der Waals surface area contributed by atoms with Crippen molar-refractivity contribution in [1.82, 2.24) is 5.32 Å². The molecule has 0 aromatic heterocycles. The van der Waals surface area contributed by atoms with Crippen LogP contribution in [0.3, 0.4) is 0 Å². The van der Waals surface area contributed by atoms with Gasteiger partial charge in [-0.05, 0) is 12.8 Å². The molecule has 1 aliphatic carbocycles. The summed E-state index contributed by atoms with van der Waals surface area (Å²) in [6.45, 7) is 0.375. The highest BCUT2D eigenvalue weighted by molar-refractivity contribution is 7.80. The zero-order chi connectivity index (χ0) is 10.8. The van der Waals surface area contributed by atoms with Gasteiger partial charge in [-0.1, -0.05) is 31.5 Å². The summed E-state index contributed by atoms with van der Waals surface area (Å²) in [6, 6.07) is 0. The van der Waals surface area contributed by atoms with Gasteiger partial charge in [0.25, 0.3) is 6.47 Å². The molecule has 1 fully saturated rings. The highest BCUT2D eigenvalue weighted by atomic mass is 32.1. The monoisotopic (exact) mass is 219 g/mol. The maximum Gasteiger partial charge on any atom is 0.292 e. The third-order valence-corrected chi connectivity index (χ3v) is 2.86. The van der Waals surface area contributed by atoms with Gasteiger partial charge in [0.2, 0.25) is 0 Å². The molecule has 0 heterocycles. The molecule has 14 heavy (non-hydrogen) atoms. The van der Waals surface area contributed by atoms with Gasteiger partial charge in [-0.3, -0.25) is 4.79 Å². The van der Waals surface area contributed by atoms with Crippen molar-refractivity contribution in [2.75, 3.05) is 14.2 Å². The minimum absolute atomic E-state index is 0. The summed E-state index contributed by atoms with van der Waals surface area (Å²) >= 11 is 5.16. The van der Waals surface area contributed by atoms with Gasteiger partial charge in [0.05, 0.1) is 12.1 Å². The number of hydrogen-bond donors (Lipinski definition) is 1. The first-order chi connectivity index (χ1) is 6.76. The van der Waals surface area contributed by atoms with E-state index in [0.717, 1.165) is 4.99 Å². The van der Waals surface area contributed by atoms with Crippen molar-refractivity contribution in [3.05, 3.63) is 0 Å². The molecule has 0 atom stereocenters. The Kier molecular flexibility index (Phi) is 8.53. The lowest BCUT2D eigenvalue weighted by atomic mass is 9.89. The number of carbonyl (C=O) groups excluding carboxylic acids is 1. The fourth-order valence-corrected chi connectivity index (χ4v) is 1.80. The van der Waals surface area contributed by atoms with Gasteiger partial charge in [0.1, 0.15) is 0 Å². The normalized spacial score (nSPS) is 16.1. The van der Waals surface area contributed by atoms with Gasteiger partial charge in [-0.15, -0.1) is 0 Å². The van der Waals surface area contributed by atoms with E-state index >= 15 is 0 Å². The molecule has 1 N–H and O–H groups in total. The number of thiocarbonyl (C=S) groups is 1. The van der Waals surface area contributed by atoms with Crippen molar-refractivity contribution in [3.63, 3.8) is 0 Å². The molecule has 0 spiro atoms. The summed E-state index contributed by atoms with van der Waals surface area (Å²) in [6.07, 6.45) is 6.75. The average molecular weight is 219 g/mol. The summed E-state index contributed by atoms with van der Waals surface area (Å²) in [5.74, 6) is 0.689. The number of ether oxygens (including phenoxy) is 1. The minimum atomic E-state index is 0. The number of rotatable bonds is 2. The van der Waals surface area contributed by atoms with Crippen LogP contribution < -0.4 is 5.32 Å². The van der Waals surface area contributed by atoms with E-state index in [1.54, 1.807) is 0 Å². The first kappa shape index (κ1) is 13.4. The standard InChI is InChI=1S/C8H15NS.C2H4O2.H2/c1-9-8(10)7-5-3-2-4-6-7;1-4-2-3;/h7H,2-6H2,1H3,(H,9,10);2H,1H3;1H. The second kappa shape index (κ2) is 8.94. The molecule has 4 heteroatoms. The van der Waals surface area contributed by atoms with Crippen LogP contribution in [0.1, 0.15) is 33.5 Å². The minimum Gasteiger partial charge on any atom is -0.471 e. The fourth-order valence-electron chi connectivity index (χ4n) is 1.57. The Morgan fingerprint density at radius 2 is 2.00 bits per heavy atom. The molecule has 0 aromatic rings. The van der Waals surface area contributed by atoms with Crippen LogP contribution in [-0.2, 0) is 9.53 Å². The van der Waals surface area contributed by atoms with Gasteiger partial charge < -0.3 is 10.1 Å². The van der Waals surface area contributed by atoms with Crippen molar-refractivity contribution < 1.29 is 11.0 Å². The van der Waals surface area contributed by atoms with E-state index in [0.29, 0.717) is 12.4 Å². The van der Waals surface area contributed by atoms with E-state index < -0.39 is 0 Å². The topological polar surface area (TPSA) is 38.3 Å². The van der Waals surface area contributed by atoms with Gasteiger partial charge in [-0.2, -0.15) is 0 Å². The summed E-state index contributed by atoms with van der Waals surface area (Å²) in [5, 5.41) is 3.07. The predicted molar refractivity (Wildman–Crippen MR) is 63.4 cm³/mol. The van der Waals surface area contributed by atoms with E-state index in [4.69, 9.17) is 17.0 Å². The van der Waals surface area contributed by atoms with Crippen LogP contribution in [0, 0.1) is 5.92 Å². The summed E-state index contributed by atoms with van der Waals surface area (Å²) in [5.41, 5.74) is 0. The molecular weight excluding hydrogens is 198 g/mol. The van der Waals surface area contributed by atoms with Gasteiger partial charge >= 0.3 is 0 Å². The number of hydrogen-bond acceptors (Lipinski definition) is 3. The molecule has 0 amide bonds. The van der Waals surface area contributed by atoms with Crippen LogP contribution in [0.5, 0.6) is 0 Å². The third kappa shape index (κ3) is 5.91. The summed E-state index contributed by atoms with van der Waals surface area (Å²) in [4.78, 5) is 10.0. The Morgan fingerprint density at radius 3 is 2.36 bits per heavy atom. The summed E-state index contributed by atoms with van der Waals surface area (Å²) in [7, 11) is 3.24. The van der Waals surface area contributed by atoms with Crippen LogP contribution in [0.2, 0.25) is 0 Å². The maximum atomic E-state index is 8.95. The number of nitrogens with one attached hydrogen (secondary N) is 1. The number of carbonyl (C=O) groups is 1. The SMILES string of the molecule is CNC(=S)C1CCCCC1.COC=O.[HH]. The lowest BCUT2D eigenvalue weighted by molar-refractivity contribution is -0.126. The molecule has 0 radical (unpaired) electrons. The van der Waals surface area contributed by atoms with E-state index in [9.17, 15) is 0 Å². The molecular formula is C10H21NO2S. The first-order valence-corrected chi connectivity index (χ1v) is 5.35. The van der Waals surface area contributed by atoms with Gasteiger partial charge in [0.15, 0.2) is 0 Å². The van der Waals surface area contributed by atoms with Crippen LogP contribution in [0.4, 0.5) is 0 Å². The zero-order valence-electron chi connectivity index (χ0n) is 8.91. The fraction of sp³-hybridized carbons (Fsp3) is 0.800. The number of methoxy groups -OCH3 is 1. The first-order valence-electron chi connectivity index (χ1n) is 4.94. The van der Waals surface area contributed by atoms with Crippen LogP contribution in [0.15, 0.2) is 0 Å². The van der Waals surface area contributed by atoms with Gasteiger partial charge in [0, 0.05) is 14.4 Å². The lowest BCUT2D eigenvalue weighted by Gasteiger charge is -2.21. The highest BCUT2D eigenvalue weighted by Crippen LogP contribution is 2.23. The van der Waals surface area contributed by atoms with Crippen LogP contribution in [0.25, 0.3) is 0 Å². The van der Waals surface area contributed by atoms with Crippen LogP contribution in [-0.4, -0.2) is 25.6 Å². The highest BCUT2D eigenvalue weighted by Gasteiger charge is 2.16. The van der Waals surface area contributed by atoms with Crippen molar-refractivity contribution in [2.45, 2.75) is 32.1 Å². The molecule has 0 unspecified atom stereocenters. The Labute approximate surface area is 92.7 Å². The van der Waals surface area contributed by atoms with Crippen molar-refractivity contribution >= 4 is 23.7 Å². The Hall–Kier alpha value is -0.640. The Bertz CT molecular complexity index is 173. The van der Waals surface area contributed by atoms with E-state index in [2.05, 4.69) is 10.1 Å². The van der Waals surface area contributed by atoms with Crippen molar-refractivity contribution in [1.29, 1.82) is 0 Å². The molecule has 0 saturated heterocycles. The molecule has 1 aliphatic rings. The molecule has 0 aromatic carbocycles. The third-order valence-electron chi connectivity index (χ3n) is 2.32. The van der Waals surface area contributed by atoms with Gasteiger partial charge in [-0.25, -0.2) is 0 Å². The van der Waals surface area contributed by atoms with E-state index in [1.807, 2.05) is 7.05 Å². The van der Waals surface area contributed by atoms with E-state index in [-0.39, 0.29) is 1.43 Å². The zero-order valence-corrected chi connectivity index (χ0v) is 9.73. The second-order valence-corrected chi connectivity index (χ2v) is 3.72.